The van der Waals surface area contributed by atoms with Crippen molar-refractivity contribution in [2.75, 3.05) is 0 Å². The van der Waals surface area contributed by atoms with Crippen LogP contribution < -0.4 is 0 Å². The lowest BCUT2D eigenvalue weighted by molar-refractivity contribution is 0.123. The van der Waals surface area contributed by atoms with Crippen LogP contribution in [0.15, 0.2) is 30.3 Å². The second-order valence-corrected chi connectivity index (χ2v) is 5.56. The molecule has 0 heterocycles. The first-order valence-corrected chi connectivity index (χ1v) is 6.22. The molecule has 0 fully saturated rings. The van der Waals surface area contributed by atoms with Gasteiger partial charge in [-0.3, -0.25) is 0 Å². The van der Waals surface area contributed by atoms with Crippen LogP contribution in [0, 0.1) is 5.41 Å². The van der Waals surface area contributed by atoms with Crippen LogP contribution in [0.4, 0.5) is 0 Å². The molecule has 1 nitrogen and oxygen atoms in total. The molecule has 0 aliphatic heterocycles. The number of hydrogen-bond donors (Lipinski definition) is 1. The maximum absolute atomic E-state index is 9.40. The standard InChI is InChI=1S/C15H24O/c1-13(16)12-15(2,3)11-7-10-14-8-5-4-6-9-14/h4-6,8-9,13,16H,7,10-12H2,1-3H3. The first kappa shape index (κ1) is 13.2. The van der Waals surface area contributed by atoms with E-state index in [1.54, 1.807) is 0 Å². The Kier molecular flexibility index (Phi) is 5.01. The fourth-order valence-electron chi connectivity index (χ4n) is 2.32. The molecule has 0 bridgehead atoms. The molecular formula is C15H24O. The summed E-state index contributed by atoms with van der Waals surface area (Å²) in [7, 11) is 0. The summed E-state index contributed by atoms with van der Waals surface area (Å²) >= 11 is 0. The van der Waals surface area contributed by atoms with E-state index in [0.717, 1.165) is 12.8 Å². The zero-order chi connectivity index (χ0) is 12.0. The lowest BCUT2D eigenvalue weighted by atomic mass is 9.82. The summed E-state index contributed by atoms with van der Waals surface area (Å²) < 4.78 is 0. The summed E-state index contributed by atoms with van der Waals surface area (Å²) in [4.78, 5) is 0. The van der Waals surface area contributed by atoms with E-state index in [0.29, 0.717) is 0 Å². The molecule has 1 heteroatoms. The molecule has 1 rings (SSSR count). The normalized spacial score (nSPS) is 13.8. The predicted octanol–water partition coefficient (Wildman–Crippen LogP) is 3.81. The zero-order valence-electron chi connectivity index (χ0n) is 10.7. The maximum atomic E-state index is 9.40. The van der Waals surface area contributed by atoms with Crippen molar-refractivity contribution in [1.82, 2.24) is 0 Å². The Bertz CT molecular complexity index is 288. The van der Waals surface area contributed by atoms with Crippen LogP contribution in [0.1, 0.15) is 45.6 Å². The van der Waals surface area contributed by atoms with E-state index in [9.17, 15) is 5.11 Å². The molecule has 0 aromatic heterocycles. The average Bonchev–Trinajstić information content (AvgIpc) is 2.16. The van der Waals surface area contributed by atoms with Gasteiger partial charge in [0.05, 0.1) is 6.10 Å². The average molecular weight is 220 g/mol. The van der Waals surface area contributed by atoms with Crippen molar-refractivity contribution in [3.8, 4) is 0 Å². The van der Waals surface area contributed by atoms with Crippen molar-refractivity contribution in [1.29, 1.82) is 0 Å². The maximum Gasteiger partial charge on any atom is 0.0517 e. The molecular weight excluding hydrogens is 196 g/mol. The number of aliphatic hydroxyl groups is 1. The van der Waals surface area contributed by atoms with Crippen molar-refractivity contribution in [2.45, 2.75) is 52.6 Å². The number of benzene rings is 1. The van der Waals surface area contributed by atoms with Gasteiger partial charge in [0.2, 0.25) is 0 Å². The second kappa shape index (κ2) is 6.05. The molecule has 0 aliphatic rings. The third-order valence-corrected chi connectivity index (χ3v) is 3.01. The lowest BCUT2D eigenvalue weighted by Gasteiger charge is -2.26. The summed E-state index contributed by atoms with van der Waals surface area (Å²) in [5, 5.41) is 9.40. The molecule has 0 radical (unpaired) electrons. The summed E-state index contributed by atoms with van der Waals surface area (Å²) in [6.45, 7) is 6.36. The monoisotopic (exact) mass is 220 g/mol. The molecule has 1 unspecified atom stereocenters. The molecule has 0 saturated carbocycles. The van der Waals surface area contributed by atoms with E-state index in [4.69, 9.17) is 0 Å². The van der Waals surface area contributed by atoms with Gasteiger partial charge in [0, 0.05) is 0 Å². The van der Waals surface area contributed by atoms with Gasteiger partial charge in [-0.05, 0) is 43.6 Å². The van der Waals surface area contributed by atoms with Crippen LogP contribution in [0.5, 0.6) is 0 Å². The first-order chi connectivity index (χ1) is 7.49. The molecule has 16 heavy (non-hydrogen) atoms. The van der Waals surface area contributed by atoms with Crippen LogP contribution in [-0.2, 0) is 6.42 Å². The molecule has 1 N–H and O–H groups in total. The van der Waals surface area contributed by atoms with Crippen LogP contribution in [0.25, 0.3) is 0 Å². The molecule has 90 valence electrons. The minimum atomic E-state index is -0.188. The number of rotatable bonds is 6. The van der Waals surface area contributed by atoms with Crippen LogP contribution in [0.2, 0.25) is 0 Å². The van der Waals surface area contributed by atoms with Crippen molar-refractivity contribution in [3.05, 3.63) is 35.9 Å². The van der Waals surface area contributed by atoms with E-state index >= 15 is 0 Å². The Morgan fingerprint density at radius 3 is 2.38 bits per heavy atom. The number of aliphatic hydroxyl groups excluding tert-OH is 1. The predicted molar refractivity (Wildman–Crippen MR) is 69.5 cm³/mol. The van der Waals surface area contributed by atoms with Crippen LogP contribution in [0.3, 0.4) is 0 Å². The first-order valence-electron chi connectivity index (χ1n) is 6.22. The lowest BCUT2D eigenvalue weighted by Crippen LogP contribution is -2.18. The third-order valence-electron chi connectivity index (χ3n) is 3.01. The largest absolute Gasteiger partial charge is 0.393 e. The Morgan fingerprint density at radius 1 is 1.19 bits per heavy atom. The smallest absolute Gasteiger partial charge is 0.0517 e. The van der Waals surface area contributed by atoms with E-state index in [1.807, 2.05) is 6.92 Å². The van der Waals surface area contributed by atoms with Crippen LogP contribution in [-0.4, -0.2) is 11.2 Å². The number of aryl methyl sites for hydroxylation is 1. The second-order valence-electron chi connectivity index (χ2n) is 5.56. The van der Waals surface area contributed by atoms with Gasteiger partial charge in [0.25, 0.3) is 0 Å². The zero-order valence-corrected chi connectivity index (χ0v) is 10.7. The highest BCUT2D eigenvalue weighted by Crippen LogP contribution is 2.28. The van der Waals surface area contributed by atoms with Gasteiger partial charge in [-0.2, -0.15) is 0 Å². The molecule has 0 saturated heterocycles. The van der Waals surface area contributed by atoms with Gasteiger partial charge < -0.3 is 5.11 Å². The van der Waals surface area contributed by atoms with Crippen molar-refractivity contribution in [3.63, 3.8) is 0 Å². The molecule has 0 amide bonds. The Morgan fingerprint density at radius 2 is 1.81 bits per heavy atom. The minimum Gasteiger partial charge on any atom is -0.393 e. The highest BCUT2D eigenvalue weighted by molar-refractivity contribution is 5.14. The summed E-state index contributed by atoms with van der Waals surface area (Å²) in [5.74, 6) is 0. The van der Waals surface area contributed by atoms with Gasteiger partial charge in [-0.25, -0.2) is 0 Å². The van der Waals surface area contributed by atoms with E-state index in [2.05, 4.69) is 44.2 Å². The van der Waals surface area contributed by atoms with Gasteiger partial charge in [-0.1, -0.05) is 44.2 Å². The summed E-state index contributed by atoms with van der Waals surface area (Å²) in [6, 6.07) is 10.6. The minimum absolute atomic E-state index is 0.188. The quantitative estimate of drug-likeness (QED) is 0.773. The van der Waals surface area contributed by atoms with Gasteiger partial charge in [0.15, 0.2) is 0 Å². The van der Waals surface area contributed by atoms with E-state index in [-0.39, 0.29) is 11.5 Å². The van der Waals surface area contributed by atoms with Crippen molar-refractivity contribution >= 4 is 0 Å². The van der Waals surface area contributed by atoms with Crippen LogP contribution >= 0.6 is 0 Å². The molecule has 0 spiro atoms. The summed E-state index contributed by atoms with van der Waals surface area (Å²) in [5.41, 5.74) is 1.67. The number of hydrogen-bond acceptors (Lipinski definition) is 1. The molecule has 1 aromatic carbocycles. The van der Waals surface area contributed by atoms with Crippen molar-refractivity contribution in [2.24, 2.45) is 5.41 Å². The van der Waals surface area contributed by atoms with Gasteiger partial charge in [-0.15, -0.1) is 0 Å². The van der Waals surface area contributed by atoms with Gasteiger partial charge >= 0.3 is 0 Å². The third kappa shape index (κ3) is 5.32. The summed E-state index contributed by atoms with van der Waals surface area (Å²) in [6.07, 6.45) is 4.22. The molecule has 1 atom stereocenters. The Labute approximate surface area is 99.5 Å². The topological polar surface area (TPSA) is 20.2 Å². The van der Waals surface area contributed by atoms with E-state index < -0.39 is 0 Å². The fraction of sp³-hybridized carbons (Fsp3) is 0.600. The molecule has 1 aromatic rings. The SMILES string of the molecule is CC(O)CC(C)(C)CCCc1ccccc1. The Balaban J connectivity index is 2.30. The van der Waals surface area contributed by atoms with Crippen molar-refractivity contribution < 1.29 is 5.11 Å². The van der Waals surface area contributed by atoms with Gasteiger partial charge in [0.1, 0.15) is 0 Å². The Hall–Kier alpha value is -0.820. The molecule has 0 aliphatic carbocycles. The highest BCUT2D eigenvalue weighted by Gasteiger charge is 2.19. The highest BCUT2D eigenvalue weighted by atomic mass is 16.3. The van der Waals surface area contributed by atoms with E-state index in [1.165, 1.54) is 18.4 Å². The fourth-order valence-corrected chi connectivity index (χ4v) is 2.32.